The molecule has 1 saturated carbocycles. The van der Waals surface area contributed by atoms with Crippen molar-refractivity contribution in [1.82, 2.24) is 0 Å². The zero-order valence-electron chi connectivity index (χ0n) is 8.30. The molecular weight excluding hydrogens is 231 g/mol. The van der Waals surface area contributed by atoms with Gasteiger partial charge in [-0.2, -0.15) is 0 Å². The van der Waals surface area contributed by atoms with Crippen molar-refractivity contribution >= 4 is 29.5 Å². The molecule has 1 aromatic carbocycles. The quantitative estimate of drug-likeness (QED) is 0.717. The minimum absolute atomic E-state index is 0.339. The lowest BCUT2D eigenvalue weighted by Gasteiger charge is -2.22. The van der Waals surface area contributed by atoms with Crippen LogP contribution in [0.4, 0.5) is 0 Å². The van der Waals surface area contributed by atoms with Gasteiger partial charge in [0.1, 0.15) is 6.29 Å². The summed E-state index contributed by atoms with van der Waals surface area (Å²) in [4.78, 5) is 11.3. The van der Waals surface area contributed by atoms with Gasteiger partial charge in [-0.05, 0) is 36.6 Å². The molecule has 0 spiro atoms. The molecule has 3 heteroatoms. The number of aldehydes is 1. The summed E-state index contributed by atoms with van der Waals surface area (Å²) in [7, 11) is 0. The van der Waals surface area contributed by atoms with E-state index in [0.29, 0.717) is 10.0 Å². The lowest BCUT2D eigenvalue weighted by atomic mass is 9.80. The molecule has 0 atom stereocenters. The van der Waals surface area contributed by atoms with Gasteiger partial charge in [-0.3, -0.25) is 0 Å². The van der Waals surface area contributed by atoms with Gasteiger partial charge >= 0.3 is 0 Å². The third-order valence-corrected chi connectivity index (χ3v) is 3.60. The van der Waals surface area contributed by atoms with Gasteiger partial charge in [0.15, 0.2) is 0 Å². The molecule has 1 fully saturated rings. The van der Waals surface area contributed by atoms with Crippen molar-refractivity contribution in [2.24, 2.45) is 0 Å². The fraction of sp³-hybridized carbons (Fsp3) is 0.417. The van der Waals surface area contributed by atoms with Gasteiger partial charge in [-0.15, -0.1) is 0 Å². The van der Waals surface area contributed by atoms with Gasteiger partial charge in [-0.1, -0.05) is 36.0 Å². The van der Waals surface area contributed by atoms with Crippen molar-refractivity contribution in [3.63, 3.8) is 0 Å². The second kappa shape index (κ2) is 4.15. The second-order valence-electron chi connectivity index (χ2n) is 4.14. The van der Waals surface area contributed by atoms with Gasteiger partial charge in [0.05, 0.1) is 5.41 Å². The molecule has 1 aliphatic carbocycles. The Morgan fingerprint density at radius 2 is 1.60 bits per heavy atom. The summed E-state index contributed by atoms with van der Waals surface area (Å²) in [6, 6.07) is 5.40. The number of hydrogen-bond acceptors (Lipinski definition) is 1. The molecule has 0 aromatic heterocycles. The molecule has 0 saturated heterocycles. The Morgan fingerprint density at radius 1 is 1.07 bits per heavy atom. The first-order chi connectivity index (χ1) is 7.16. The van der Waals surface area contributed by atoms with Gasteiger partial charge < -0.3 is 4.79 Å². The maximum absolute atomic E-state index is 11.3. The smallest absolute Gasteiger partial charge is 0.130 e. The van der Waals surface area contributed by atoms with E-state index < -0.39 is 0 Å². The molecule has 2 rings (SSSR count). The van der Waals surface area contributed by atoms with E-state index in [4.69, 9.17) is 23.2 Å². The first-order valence-electron chi connectivity index (χ1n) is 5.09. The molecule has 1 aliphatic rings. The largest absolute Gasteiger partial charge is 0.302 e. The molecule has 0 unspecified atom stereocenters. The summed E-state index contributed by atoms with van der Waals surface area (Å²) in [6.45, 7) is 0. The van der Waals surface area contributed by atoms with Crippen molar-refractivity contribution in [2.45, 2.75) is 31.1 Å². The SMILES string of the molecule is O=CC1(c2cc(Cl)cc(Cl)c2)CCCC1. The molecule has 1 aromatic rings. The van der Waals surface area contributed by atoms with E-state index in [1.54, 1.807) is 6.07 Å². The minimum Gasteiger partial charge on any atom is -0.302 e. The standard InChI is InChI=1S/C12H12Cl2O/c13-10-5-9(6-11(14)7-10)12(8-15)3-1-2-4-12/h5-8H,1-4H2. The Kier molecular flexibility index (Phi) is 3.03. The predicted octanol–water partition coefficient (Wildman–Crippen LogP) is 4.00. The van der Waals surface area contributed by atoms with Crippen LogP contribution in [-0.4, -0.2) is 6.29 Å². The van der Waals surface area contributed by atoms with E-state index in [2.05, 4.69) is 0 Å². The number of carbonyl (C=O) groups excluding carboxylic acids is 1. The van der Waals surface area contributed by atoms with Crippen LogP contribution in [0.2, 0.25) is 10.0 Å². The van der Waals surface area contributed by atoms with Crippen LogP contribution in [-0.2, 0) is 10.2 Å². The van der Waals surface area contributed by atoms with Crippen molar-refractivity contribution < 1.29 is 4.79 Å². The summed E-state index contributed by atoms with van der Waals surface area (Å²) in [5.74, 6) is 0. The van der Waals surface area contributed by atoms with Crippen LogP contribution in [0.15, 0.2) is 18.2 Å². The van der Waals surface area contributed by atoms with Gasteiger partial charge in [0, 0.05) is 10.0 Å². The van der Waals surface area contributed by atoms with Crippen LogP contribution in [0.5, 0.6) is 0 Å². The Labute approximate surface area is 99.4 Å². The van der Waals surface area contributed by atoms with E-state index in [1.807, 2.05) is 12.1 Å². The number of hydrogen-bond donors (Lipinski definition) is 0. The Balaban J connectivity index is 2.46. The average Bonchev–Trinajstić information content (AvgIpc) is 2.65. The van der Waals surface area contributed by atoms with Crippen LogP contribution in [0, 0.1) is 0 Å². The zero-order valence-corrected chi connectivity index (χ0v) is 9.81. The molecule has 0 amide bonds. The minimum atomic E-state index is -0.339. The van der Waals surface area contributed by atoms with Crippen LogP contribution in [0.25, 0.3) is 0 Å². The van der Waals surface area contributed by atoms with E-state index in [9.17, 15) is 4.79 Å². The molecule has 0 bridgehead atoms. The highest BCUT2D eigenvalue weighted by atomic mass is 35.5. The molecule has 0 radical (unpaired) electrons. The first-order valence-corrected chi connectivity index (χ1v) is 5.85. The Morgan fingerprint density at radius 3 is 2.07 bits per heavy atom. The van der Waals surface area contributed by atoms with Crippen molar-refractivity contribution in [2.75, 3.05) is 0 Å². The molecule has 0 aliphatic heterocycles. The molecule has 1 nitrogen and oxygen atoms in total. The maximum atomic E-state index is 11.3. The Hall–Kier alpha value is -0.530. The van der Waals surface area contributed by atoms with E-state index in [0.717, 1.165) is 37.5 Å². The predicted molar refractivity (Wildman–Crippen MR) is 62.7 cm³/mol. The van der Waals surface area contributed by atoms with Gasteiger partial charge in [0.2, 0.25) is 0 Å². The van der Waals surface area contributed by atoms with E-state index in [-0.39, 0.29) is 5.41 Å². The highest BCUT2D eigenvalue weighted by molar-refractivity contribution is 6.34. The number of carbonyl (C=O) groups is 1. The van der Waals surface area contributed by atoms with Crippen LogP contribution >= 0.6 is 23.2 Å². The fourth-order valence-electron chi connectivity index (χ4n) is 2.32. The summed E-state index contributed by atoms with van der Waals surface area (Å²) in [5.41, 5.74) is 0.627. The maximum Gasteiger partial charge on any atom is 0.130 e. The van der Waals surface area contributed by atoms with Gasteiger partial charge in [0.25, 0.3) is 0 Å². The lowest BCUT2D eigenvalue weighted by molar-refractivity contribution is -0.112. The lowest BCUT2D eigenvalue weighted by Crippen LogP contribution is -2.23. The third-order valence-electron chi connectivity index (χ3n) is 3.16. The number of benzene rings is 1. The summed E-state index contributed by atoms with van der Waals surface area (Å²) >= 11 is 11.9. The summed E-state index contributed by atoms with van der Waals surface area (Å²) < 4.78 is 0. The normalized spacial score (nSPS) is 19.1. The molecule has 0 N–H and O–H groups in total. The van der Waals surface area contributed by atoms with Gasteiger partial charge in [-0.25, -0.2) is 0 Å². The monoisotopic (exact) mass is 242 g/mol. The van der Waals surface area contributed by atoms with Crippen molar-refractivity contribution in [3.05, 3.63) is 33.8 Å². The molecule has 80 valence electrons. The molecule has 15 heavy (non-hydrogen) atoms. The highest BCUT2D eigenvalue weighted by Crippen LogP contribution is 2.40. The second-order valence-corrected chi connectivity index (χ2v) is 5.01. The molecule has 0 heterocycles. The molecular formula is C12H12Cl2O. The summed E-state index contributed by atoms with van der Waals surface area (Å²) in [5, 5.41) is 1.20. The number of rotatable bonds is 2. The van der Waals surface area contributed by atoms with Crippen LogP contribution < -0.4 is 0 Å². The highest BCUT2D eigenvalue weighted by Gasteiger charge is 2.35. The fourth-order valence-corrected chi connectivity index (χ4v) is 2.85. The number of halogens is 2. The summed E-state index contributed by atoms with van der Waals surface area (Å²) in [6.07, 6.45) is 5.08. The van der Waals surface area contributed by atoms with Crippen molar-refractivity contribution in [1.29, 1.82) is 0 Å². The van der Waals surface area contributed by atoms with Crippen LogP contribution in [0.3, 0.4) is 0 Å². The van der Waals surface area contributed by atoms with Crippen LogP contribution in [0.1, 0.15) is 31.2 Å². The van der Waals surface area contributed by atoms with E-state index in [1.165, 1.54) is 0 Å². The van der Waals surface area contributed by atoms with Crippen molar-refractivity contribution in [3.8, 4) is 0 Å². The third kappa shape index (κ3) is 2.04. The first kappa shape index (κ1) is 11.0. The average molecular weight is 243 g/mol. The van der Waals surface area contributed by atoms with E-state index >= 15 is 0 Å². The Bertz CT molecular complexity index is 361. The zero-order chi connectivity index (χ0) is 10.9. The topological polar surface area (TPSA) is 17.1 Å².